The lowest BCUT2D eigenvalue weighted by Gasteiger charge is -2.10. The predicted molar refractivity (Wildman–Crippen MR) is 105 cm³/mol. The van der Waals surface area contributed by atoms with Gasteiger partial charge in [0.15, 0.2) is 11.5 Å². The first kappa shape index (κ1) is 17.7. The third-order valence-corrected chi connectivity index (χ3v) is 4.18. The number of hydrogen-bond acceptors (Lipinski definition) is 5. The zero-order valence-electron chi connectivity index (χ0n) is 15.1. The maximum Gasteiger partial charge on any atom is 0.185 e. The molecule has 0 radical (unpaired) electrons. The van der Waals surface area contributed by atoms with Gasteiger partial charge in [0.05, 0.1) is 16.9 Å². The Kier molecular flexibility index (Phi) is 5.69. The lowest BCUT2D eigenvalue weighted by Crippen LogP contribution is -2.19. The highest BCUT2D eigenvalue weighted by Gasteiger charge is 2.17. The van der Waals surface area contributed by atoms with Crippen LogP contribution in [0.2, 0.25) is 0 Å². The Balaban J connectivity index is 1.98. The number of anilines is 1. The van der Waals surface area contributed by atoms with E-state index in [0.717, 1.165) is 35.0 Å². The Morgan fingerprint density at radius 3 is 2.65 bits per heavy atom. The molecular formula is C21H22N4O. The minimum Gasteiger partial charge on any atom is -0.292 e. The van der Waals surface area contributed by atoms with E-state index in [1.54, 1.807) is 12.4 Å². The summed E-state index contributed by atoms with van der Waals surface area (Å²) < 4.78 is 0. The summed E-state index contributed by atoms with van der Waals surface area (Å²) in [7, 11) is 0. The van der Waals surface area contributed by atoms with Crippen molar-refractivity contribution >= 4 is 28.1 Å². The molecule has 0 spiro atoms. The van der Waals surface area contributed by atoms with Gasteiger partial charge in [0.25, 0.3) is 0 Å². The molecule has 0 fully saturated rings. The lowest BCUT2D eigenvalue weighted by atomic mass is 10.0. The Bertz CT molecular complexity index is 944. The fourth-order valence-corrected chi connectivity index (χ4v) is 2.75. The van der Waals surface area contributed by atoms with Gasteiger partial charge in [0.2, 0.25) is 0 Å². The van der Waals surface area contributed by atoms with Crippen LogP contribution in [0.3, 0.4) is 0 Å². The molecule has 0 saturated carbocycles. The normalized spacial score (nSPS) is 11.5. The zero-order valence-corrected chi connectivity index (χ0v) is 15.1. The first-order valence-corrected chi connectivity index (χ1v) is 8.83. The quantitative estimate of drug-likeness (QED) is 0.505. The van der Waals surface area contributed by atoms with Crippen LogP contribution in [0.25, 0.3) is 10.9 Å². The van der Waals surface area contributed by atoms with Crippen LogP contribution < -0.4 is 5.43 Å². The van der Waals surface area contributed by atoms with Crippen molar-refractivity contribution in [3.8, 4) is 0 Å². The molecule has 0 bridgehead atoms. The van der Waals surface area contributed by atoms with Crippen molar-refractivity contribution in [1.29, 1.82) is 0 Å². The number of rotatable bonds is 7. The summed E-state index contributed by atoms with van der Waals surface area (Å²) in [5.74, 6) is -0.00524. The number of carbonyl (C=O) groups is 1. The van der Waals surface area contributed by atoms with E-state index in [2.05, 4.69) is 27.4 Å². The number of nitrogens with zero attached hydrogens (tertiary/aromatic N) is 3. The highest BCUT2D eigenvalue weighted by Crippen LogP contribution is 2.21. The number of ketones is 1. The number of aryl methyl sites for hydroxylation is 1. The molecule has 2 heterocycles. The third kappa shape index (κ3) is 3.94. The van der Waals surface area contributed by atoms with Crippen molar-refractivity contribution < 1.29 is 4.79 Å². The minimum absolute atomic E-state index is 0.00524. The number of aromatic nitrogens is 2. The molecule has 0 unspecified atom stereocenters. The van der Waals surface area contributed by atoms with Gasteiger partial charge in [-0.2, -0.15) is 5.10 Å². The van der Waals surface area contributed by atoms with Crippen LogP contribution in [-0.4, -0.2) is 21.5 Å². The minimum atomic E-state index is -0.00524. The first-order valence-electron chi connectivity index (χ1n) is 8.83. The maximum atomic E-state index is 12.7. The van der Waals surface area contributed by atoms with E-state index in [4.69, 9.17) is 0 Å². The molecule has 132 valence electrons. The van der Waals surface area contributed by atoms with Gasteiger partial charge in [-0.05, 0) is 37.1 Å². The fourth-order valence-electron chi connectivity index (χ4n) is 2.75. The molecule has 3 rings (SSSR count). The van der Waals surface area contributed by atoms with E-state index in [1.165, 1.54) is 0 Å². The van der Waals surface area contributed by atoms with Gasteiger partial charge >= 0.3 is 0 Å². The van der Waals surface area contributed by atoms with E-state index >= 15 is 0 Å². The van der Waals surface area contributed by atoms with Gasteiger partial charge in [-0.3, -0.25) is 20.2 Å². The Morgan fingerprint density at radius 2 is 1.85 bits per heavy atom. The molecule has 0 aliphatic heterocycles. The molecule has 0 amide bonds. The van der Waals surface area contributed by atoms with Crippen molar-refractivity contribution in [3.63, 3.8) is 0 Å². The Labute approximate surface area is 153 Å². The van der Waals surface area contributed by atoms with E-state index in [9.17, 15) is 4.79 Å². The molecule has 2 aromatic heterocycles. The summed E-state index contributed by atoms with van der Waals surface area (Å²) in [6.45, 7) is 4.00. The smallest absolute Gasteiger partial charge is 0.185 e. The molecule has 0 aliphatic rings. The third-order valence-electron chi connectivity index (χ3n) is 4.18. The molecular weight excluding hydrogens is 324 g/mol. The van der Waals surface area contributed by atoms with Crippen LogP contribution in [0.4, 0.5) is 5.69 Å². The number of fused-ring (bicyclic) bond motifs is 1. The number of hydrazone groups is 1. The second-order valence-corrected chi connectivity index (χ2v) is 6.15. The Morgan fingerprint density at radius 1 is 1.08 bits per heavy atom. The summed E-state index contributed by atoms with van der Waals surface area (Å²) in [6.07, 6.45) is 5.68. The summed E-state index contributed by atoms with van der Waals surface area (Å²) in [4.78, 5) is 21.5. The second kappa shape index (κ2) is 8.34. The molecule has 3 aromatic rings. The van der Waals surface area contributed by atoms with Crippen molar-refractivity contribution in [2.75, 3.05) is 5.43 Å². The van der Waals surface area contributed by atoms with Crippen LogP contribution in [0, 0.1) is 6.92 Å². The van der Waals surface area contributed by atoms with Crippen molar-refractivity contribution in [2.45, 2.75) is 33.1 Å². The summed E-state index contributed by atoms with van der Waals surface area (Å²) in [6, 6.07) is 13.5. The fraction of sp³-hybridized carbons (Fsp3) is 0.238. The van der Waals surface area contributed by atoms with Crippen molar-refractivity contribution in [2.24, 2.45) is 5.10 Å². The number of unbranched alkanes of at least 4 members (excludes halogenated alkanes) is 1. The van der Waals surface area contributed by atoms with Crippen LogP contribution in [-0.2, 0) is 4.79 Å². The van der Waals surface area contributed by atoms with Gasteiger partial charge in [-0.25, -0.2) is 0 Å². The van der Waals surface area contributed by atoms with Crippen LogP contribution in [0.1, 0.15) is 37.4 Å². The highest BCUT2D eigenvalue weighted by molar-refractivity contribution is 6.46. The SMILES string of the molecule is CCCCC(=O)/C(=N/Nc1cccc2cccnc12)c1ncccc1C. The largest absolute Gasteiger partial charge is 0.292 e. The number of carbonyl (C=O) groups excluding carboxylic acids is 1. The standard InChI is InChI=1S/C21H22N4O/c1-3-4-12-18(26)21(19-15(2)8-6-13-22-19)25-24-17-11-5-9-16-10-7-14-23-20(16)17/h5-11,13-14,24H,3-4,12H2,1-2H3/b25-21-. The second-order valence-electron chi connectivity index (χ2n) is 6.15. The molecule has 0 aliphatic carbocycles. The zero-order chi connectivity index (χ0) is 18.4. The number of para-hydroxylation sites is 1. The van der Waals surface area contributed by atoms with Gasteiger partial charge in [-0.1, -0.05) is 37.6 Å². The molecule has 5 nitrogen and oxygen atoms in total. The monoisotopic (exact) mass is 346 g/mol. The molecule has 0 atom stereocenters. The summed E-state index contributed by atoms with van der Waals surface area (Å²) >= 11 is 0. The topological polar surface area (TPSA) is 67.2 Å². The number of benzene rings is 1. The van der Waals surface area contributed by atoms with E-state index in [-0.39, 0.29) is 5.78 Å². The maximum absolute atomic E-state index is 12.7. The van der Waals surface area contributed by atoms with Crippen molar-refractivity contribution in [3.05, 3.63) is 66.1 Å². The predicted octanol–water partition coefficient (Wildman–Crippen LogP) is 4.51. The molecule has 1 N–H and O–H groups in total. The number of Topliss-reactive ketones (excluding diaryl/α,β-unsaturated/α-hetero) is 1. The summed E-state index contributed by atoms with van der Waals surface area (Å²) in [5.41, 5.74) is 6.52. The van der Waals surface area contributed by atoms with Gasteiger partial charge in [0.1, 0.15) is 0 Å². The summed E-state index contributed by atoms with van der Waals surface area (Å²) in [5, 5.41) is 5.46. The number of hydrogen-bond donors (Lipinski definition) is 1. The number of pyridine rings is 2. The van der Waals surface area contributed by atoms with Gasteiger partial charge in [0, 0.05) is 24.2 Å². The lowest BCUT2D eigenvalue weighted by molar-refractivity contribution is -0.113. The van der Waals surface area contributed by atoms with Crippen LogP contribution >= 0.6 is 0 Å². The Hall–Kier alpha value is -3.08. The first-order chi connectivity index (χ1) is 12.7. The average molecular weight is 346 g/mol. The van der Waals surface area contributed by atoms with Crippen molar-refractivity contribution in [1.82, 2.24) is 9.97 Å². The van der Waals surface area contributed by atoms with Crippen LogP contribution in [0.5, 0.6) is 0 Å². The number of nitrogens with one attached hydrogen (secondary N) is 1. The molecule has 26 heavy (non-hydrogen) atoms. The van der Waals surface area contributed by atoms with E-state index in [1.807, 2.05) is 49.4 Å². The molecule has 5 heteroatoms. The molecule has 1 aromatic carbocycles. The van der Waals surface area contributed by atoms with E-state index < -0.39 is 0 Å². The van der Waals surface area contributed by atoms with E-state index in [0.29, 0.717) is 17.8 Å². The van der Waals surface area contributed by atoms with Crippen LogP contribution in [0.15, 0.2) is 60.0 Å². The average Bonchev–Trinajstić information content (AvgIpc) is 2.68. The molecule has 0 saturated heterocycles. The highest BCUT2D eigenvalue weighted by atomic mass is 16.1. The van der Waals surface area contributed by atoms with Gasteiger partial charge in [-0.15, -0.1) is 0 Å². The van der Waals surface area contributed by atoms with Gasteiger partial charge < -0.3 is 0 Å².